The summed E-state index contributed by atoms with van der Waals surface area (Å²) in [6.45, 7) is 5.58. The van der Waals surface area contributed by atoms with Crippen LogP contribution >= 0.6 is 22.6 Å². The van der Waals surface area contributed by atoms with Gasteiger partial charge in [-0.25, -0.2) is 0 Å². The number of hydrogen-bond donors (Lipinski definition) is 1. The van der Waals surface area contributed by atoms with Gasteiger partial charge in [-0.05, 0) is 35.4 Å². The van der Waals surface area contributed by atoms with Crippen LogP contribution in [0.25, 0.3) is 0 Å². The molecule has 66 valence electrons. The zero-order chi connectivity index (χ0) is 9.02. The molecular formula is C7H14INO2. The quantitative estimate of drug-likeness (QED) is 0.478. The van der Waals surface area contributed by atoms with Crippen LogP contribution in [0.3, 0.4) is 0 Å². The van der Waals surface area contributed by atoms with Crippen molar-refractivity contribution in [1.82, 2.24) is 0 Å². The van der Waals surface area contributed by atoms with Crippen molar-refractivity contribution in [3.05, 3.63) is 0 Å². The number of ether oxygens (including phenoxy) is 1. The molecule has 0 heterocycles. The molecule has 0 aliphatic carbocycles. The van der Waals surface area contributed by atoms with Crippen LogP contribution in [0.4, 0.5) is 0 Å². The largest absolute Gasteiger partial charge is 0.451 e. The maximum atomic E-state index is 11.0. The minimum absolute atomic E-state index is 0.107. The normalized spacial score (nSPS) is 16.2. The molecule has 0 aromatic rings. The highest BCUT2D eigenvalue weighted by atomic mass is 127. The molecule has 3 nitrogen and oxygen atoms in total. The summed E-state index contributed by atoms with van der Waals surface area (Å²) in [6.07, 6.45) is 0. The minimum Gasteiger partial charge on any atom is -0.451 e. The Morgan fingerprint density at radius 3 is 2.18 bits per heavy atom. The van der Waals surface area contributed by atoms with Crippen LogP contribution < -0.4 is 5.73 Å². The van der Waals surface area contributed by atoms with Crippen molar-refractivity contribution in [2.24, 2.45) is 11.7 Å². The van der Waals surface area contributed by atoms with Gasteiger partial charge in [-0.3, -0.25) is 4.79 Å². The number of carbonyl (C=O) groups is 1. The van der Waals surface area contributed by atoms with Gasteiger partial charge in [-0.1, -0.05) is 13.8 Å². The van der Waals surface area contributed by atoms with Gasteiger partial charge in [0.05, 0.1) is 0 Å². The Balaban J connectivity index is 3.83. The maximum absolute atomic E-state index is 11.0. The van der Waals surface area contributed by atoms with Crippen LogP contribution in [-0.2, 0) is 9.53 Å². The van der Waals surface area contributed by atoms with Crippen molar-refractivity contribution in [2.45, 2.75) is 30.9 Å². The molecule has 0 unspecified atom stereocenters. The summed E-state index contributed by atoms with van der Waals surface area (Å²) in [5.74, 6) is -0.181. The van der Waals surface area contributed by atoms with E-state index in [4.69, 9.17) is 10.5 Å². The van der Waals surface area contributed by atoms with Crippen LogP contribution in [0.5, 0.6) is 0 Å². The predicted octanol–water partition coefficient (Wildman–Crippen LogP) is 1.29. The Bertz CT molecular complexity index is 136. The van der Waals surface area contributed by atoms with E-state index in [1.165, 1.54) is 0 Å². The molecule has 0 aliphatic rings. The molecule has 0 amide bonds. The summed E-state index contributed by atoms with van der Waals surface area (Å²) in [7, 11) is 0. The molecule has 0 radical (unpaired) electrons. The maximum Gasteiger partial charge on any atom is 0.324 e. The third kappa shape index (κ3) is 4.58. The van der Waals surface area contributed by atoms with Crippen molar-refractivity contribution in [2.75, 3.05) is 0 Å². The molecule has 0 spiro atoms. The molecule has 2 N–H and O–H groups in total. The first-order valence-electron chi connectivity index (χ1n) is 3.55. The van der Waals surface area contributed by atoms with E-state index in [9.17, 15) is 4.79 Å². The van der Waals surface area contributed by atoms with E-state index in [0.29, 0.717) is 0 Å². The van der Waals surface area contributed by atoms with Crippen LogP contribution in [0.15, 0.2) is 0 Å². The Hall–Kier alpha value is 0.160. The fourth-order valence-corrected chi connectivity index (χ4v) is 0.761. The minimum atomic E-state index is -0.493. The highest BCUT2D eigenvalue weighted by Gasteiger charge is 2.19. The zero-order valence-corrected chi connectivity index (χ0v) is 9.16. The second-order valence-electron chi connectivity index (χ2n) is 2.75. The number of alkyl halides is 1. The summed E-state index contributed by atoms with van der Waals surface area (Å²) in [4.78, 5) is 11.0. The summed E-state index contributed by atoms with van der Waals surface area (Å²) in [5, 5.41) is 0. The first kappa shape index (κ1) is 11.2. The standard InChI is InChI=1S/C7H14INO2/c1-4(2)6(9)7(10)11-5(3)8/h4-6H,9H2,1-3H3/t5-,6+/m1/s1. The summed E-state index contributed by atoms with van der Waals surface area (Å²) < 4.78 is 4.79. The Morgan fingerprint density at radius 2 is 1.91 bits per heavy atom. The van der Waals surface area contributed by atoms with E-state index in [2.05, 4.69) is 0 Å². The zero-order valence-electron chi connectivity index (χ0n) is 7.00. The molecule has 0 aromatic heterocycles. The summed E-state index contributed by atoms with van der Waals surface area (Å²) in [6, 6.07) is -0.493. The first-order chi connectivity index (χ1) is 4.95. The van der Waals surface area contributed by atoms with Crippen molar-refractivity contribution in [3.63, 3.8) is 0 Å². The van der Waals surface area contributed by atoms with Crippen molar-refractivity contribution >= 4 is 28.6 Å². The molecule has 0 saturated heterocycles. The second kappa shape index (κ2) is 4.92. The third-order valence-corrected chi connectivity index (χ3v) is 1.52. The number of esters is 1. The number of hydrogen-bond acceptors (Lipinski definition) is 3. The van der Waals surface area contributed by atoms with Gasteiger partial charge in [-0.15, -0.1) is 0 Å². The number of rotatable bonds is 3. The third-order valence-electron chi connectivity index (χ3n) is 1.27. The smallest absolute Gasteiger partial charge is 0.324 e. The van der Waals surface area contributed by atoms with Crippen LogP contribution in [0, 0.1) is 5.92 Å². The second-order valence-corrected chi connectivity index (χ2v) is 4.50. The van der Waals surface area contributed by atoms with Crippen LogP contribution in [0.2, 0.25) is 0 Å². The highest BCUT2D eigenvalue weighted by molar-refractivity contribution is 14.1. The molecule has 4 heteroatoms. The lowest BCUT2D eigenvalue weighted by Gasteiger charge is -2.15. The van der Waals surface area contributed by atoms with Crippen molar-refractivity contribution < 1.29 is 9.53 Å². The molecule has 0 bridgehead atoms. The number of nitrogens with two attached hydrogens (primary N) is 1. The van der Waals surface area contributed by atoms with Gasteiger partial charge >= 0.3 is 5.97 Å². The van der Waals surface area contributed by atoms with Gasteiger partial charge in [0.1, 0.15) is 10.2 Å². The van der Waals surface area contributed by atoms with E-state index in [1.54, 1.807) is 6.92 Å². The van der Waals surface area contributed by atoms with Crippen molar-refractivity contribution in [3.8, 4) is 0 Å². The first-order valence-corrected chi connectivity index (χ1v) is 4.80. The fourth-order valence-electron chi connectivity index (χ4n) is 0.511. The summed E-state index contributed by atoms with van der Waals surface area (Å²) in [5.41, 5.74) is 5.53. The molecule has 0 rings (SSSR count). The van der Waals surface area contributed by atoms with E-state index < -0.39 is 6.04 Å². The van der Waals surface area contributed by atoms with Gasteiger partial charge in [0, 0.05) is 0 Å². The molecule has 0 aliphatic heterocycles. The predicted molar refractivity (Wildman–Crippen MR) is 52.4 cm³/mol. The Morgan fingerprint density at radius 1 is 1.45 bits per heavy atom. The van der Waals surface area contributed by atoms with Gasteiger partial charge in [0.2, 0.25) is 0 Å². The van der Waals surface area contributed by atoms with Crippen LogP contribution in [-0.4, -0.2) is 16.1 Å². The molecule has 2 atom stereocenters. The van der Waals surface area contributed by atoms with Gasteiger partial charge in [0.15, 0.2) is 0 Å². The van der Waals surface area contributed by atoms with E-state index in [-0.39, 0.29) is 16.0 Å². The van der Waals surface area contributed by atoms with Gasteiger partial charge < -0.3 is 10.5 Å². The lowest BCUT2D eigenvalue weighted by atomic mass is 10.1. The average Bonchev–Trinajstić information content (AvgIpc) is 1.84. The van der Waals surface area contributed by atoms with Crippen molar-refractivity contribution in [1.29, 1.82) is 0 Å². The molecule has 0 fully saturated rings. The molecule has 0 aromatic carbocycles. The SMILES string of the molecule is CC(C)[C@H](N)C(=O)O[C@H](C)I. The lowest BCUT2D eigenvalue weighted by molar-refractivity contribution is -0.146. The van der Waals surface area contributed by atoms with E-state index >= 15 is 0 Å². The fraction of sp³-hybridized carbons (Fsp3) is 0.857. The molecule has 11 heavy (non-hydrogen) atoms. The van der Waals surface area contributed by atoms with Gasteiger partial charge in [0.25, 0.3) is 0 Å². The molecular weight excluding hydrogens is 257 g/mol. The monoisotopic (exact) mass is 271 g/mol. The highest BCUT2D eigenvalue weighted by Crippen LogP contribution is 2.06. The van der Waals surface area contributed by atoms with E-state index in [1.807, 2.05) is 36.4 Å². The molecule has 0 saturated carbocycles. The Labute approximate surface area is 80.8 Å². The van der Waals surface area contributed by atoms with Crippen LogP contribution in [0.1, 0.15) is 20.8 Å². The Kier molecular flexibility index (Phi) is 4.99. The topological polar surface area (TPSA) is 52.3 Å². The summed E-state index contributed by atoms with van der Waals surface area (Å²) >= 11 is 2.02. The van der Waals surface area contributed by atoms with E-state index in [0.717, 1.165) is 0 Å². The number of halogens is 1. The number of carbonyl (C=O) groups excluding carboxylic acids is 1. The van der Waals surface area contributed by atoms with Gasteiger partial charge in [-0.2, -0.15) is 0 Å². The average molecular weight is 271 g/mol. The lowest BCUT2D eigenvalue weighted by Crippen LogP contribution is -2.37.